The second-order valence-electron chi connectivity index (χ2n) is 7.33. The van der Waals surface area contributed by atoms with Crippen LogP contribution in [0.2, 0.25) is 0 Å². The van der Waals surface area contributed by atoms with E-state index in [9.17, 15) is 4.79 Å². The van der Waals surface area contributed by atoms with Gasteiger partial charge in [-0.15, -0.1) is 0 Å². The minimum atomic E-state index is -0.0556. The van der Waals surface area contributed by atoms with Crippen molar-refractivity contribution in [2.24, 2.45) is 0 Å². The zero-order chi connectivity index (χ0) is 19.1. The number of hydrogen-bond donors (Lipinski definition) is 0. The molecule has 5 heteroatoms. The number of para-hydroxylation sites is 2. The van der Waals surface area contributed by atoms with Crippen molar-refractivity contribution in [2.45, 2.75) is 0 Å². The van der Waals surface area contributed by atoms with Crippen molar-refractivity contribution >= 4 is 60.3 Å². The van der Waals surface area contributed by atoms with Gasteiger partial charge >= 0.3 is 0 Å². The third kappa shape index (κ3) is 1.84. The highest BCUT2D eigenvalue weighted by atomic mass is 16.1. The number of pyridine rings is 1. The summed E-state index contributed by atoms with van der Waals surface area (Å²) in [6, 6.07) is 23.5. The molecule has 0 aliphatic rings. The molecule has 0 aliphatic carbocycles. The highest BCUT2D eigenvalue weighted by molar-refractivity contribution is 6.15. The van der Waals surface area contributed by atoms with Crippen LogP contribution in [0.4, 0.5) is 0 Å². The molecule has 0 amide bonds. The van der Waals surface area contributed by atoms with E-state index in [1.165, 1.54) is 0 Å². The molecule has 4 aromatic carbocycles. The number of imidazole rings is 1. The van der Waals surface area contributed by atoms with Crippen molar-refractivity contribution in [1.29, 1.82) is 0 Å². The van der Waals surface area contributed by atoms with E-state index >= 15 is 0 Å². The summed E-state index contributed by atoms with van der Waals surface area (Å²) in [7, 11) is 0. The highest BCUT2D eigenvalue weighted by Gasteiger charge is 2.16. The summed E-state index contributed by atoms with van der Waals surface area (Å²) >= 11 is 0. The van der Waals surface area contributed by atoms with Crippen LogP contribution >= 0.6 is 0 Å². The Hall–Kier alpha value is -4.12. The maximum atomic E-state index is 13.4. The first-order valence-corrected chi connectivity index (χ1v) is 9.44. The van der Waals surface area contributed by atoms with Crippen molar-refractivity contribution in [1.82, 2.24) is 19.4 Å². The number of rotatable bonds is 0. The molecule has 0 saturated carbocycles. The predicted octanol–water partition coefficient (Wildman–Crippen LogP) is 4.69. The van der Waals surface area contributed by atoms with Crippen LogP contribution in [0.15, 0.2) is 77.6 Å². The molecule has 7 aromatic rings. The minimum absolute atomic E-state index is 0.0556. The lowest BCUT2D eigenvalue weighted by Gasteiger charge is -2.06. The maximum Gasteiger partial charge on any atom is 0.264 e. The summed E-state index contributed by atoms with van der Waals surface area (Å²) in [5.41, 5.74) is 5.33. The zero-order valence-electron chi connectivity index (χ0n) is 15.1. The molecule has 7 rings (SSSR count). The number of hydrogen-bond acceptors (Lipinski definition) is 4. The van der Waals surface area contributed by atoms with Gasteiger partial charge < -0.3 is 0 Å². The van der Waals surface area contributed by atoms with Crippen LogP contribution in [0.3, 0.4) is 0 Å². The molecule has 0 radical (unpaired) electrons. The van der Waals surface area contributed by atoms with E-state index in [1.807, 2.05) is 72.8 Å². The number of benzene rings is 4. The average molecular weight is 372 g/mol. The lowest BCUT2D eigenvalue weighted by molar-refractivity contribution is 1.19. The van der Waals surface area contributed by atoms with E-state index in [4.69, 9.17) is 15.0 Å². The molecule has 0 fully saturated rings. The van der Waals surface area contributed by atoms with Gasteiger partial charge in [0.15, 0.2) is 0 Å². The number of nitrogens with zero attached hydrogens (tertiary/aromatic N) is 4. The quantitative estimate of drug-likeness (QED) is 0.363. The Balaban J connectivity index is 1.75. The molecular weight excluding hydrogens is 360 g/mol. The van der Waals surface area contributed by atoms with Gasteiger partial charge in [0.1, 0.15) is 5.65 Å². The van der Waals surface area contributed by atoms with Crippen molar-refractivity contribution < 1.29 is 0 Å². The Morgan fingerprint density at radius 1 is 0.621 bits per heavy atom. The Kier molecular flexibility index (Phi) is 2.58. The number of fused-ring (bicyclic) bond motifs is 6. The first kappa shape index (κ1) is 14.9. The molecule has 0 unspecified atom stereocenters. The fourth-order valence-electron chi connectivity index (χ4n) is 4.41. The predicted molar refractivity (Wildman–Crippen MR) is 116 cm³/mol. The topological polar surface area (TPSA) is 60.2 Å². The molecule has 29 heavy (non-hydrogen) atoms. The smallest absolute Gasteiger partial charge is 0.264 e. The second kappa shape index (κ2) is 5.02. The number of aromatic nitrogens is 4. The fourth-order valence-corrected chi connectivity index (χ4v) is 4.41. The van der Waals surface area contributed by atoms with Crippen LogP contribution < -0.4 is 5.56 Å². The van der Waals surface area contributed by atoms with Gasteiger partial charge in [-0.3, -0.25) is 9.20 Å². The van der Waals surface area contributed by atoms with Crippen LogP contribution in [0, 0.1) is 0 Å². The van der Waals surface area contributed by atoms with Crippen molar-refractivity contribution in [3.8, 4) is 0 Å². The highest BCUT2D eigenvalue weighted by Crippen LogP contribution is 2.30. The molecule has 0 aliphatic heterocycles. The lowest BCUT2D eigenvalue weighted by atomic mass is 10.0. The second-order valence-corrected chi connectivity index (χ2v) is 7.33. The van der Waals surface area contributed by atoms with E-state index in [2.05, 4.69) is 0 Å². The van der Waals surface area contributed by atoms with Crippen LogP contribution in [0.1, 0.15) is 0 Å². The Labute approximate surface area is 163 Å². The standard InChI is InChI=1S/C24H12N4O/c29-24-15-8-4-6-13-5-3-7-14(22(13)15)23-27-20-11-18-19(12-21(20)28(23)24)26-17-10-2-1-9-16(17)25-18/h1-12H. The van der Waals surface area contributed by atoms with Gasteiger partial charge in [0, 0.05) is 16.2 Å². The van der Waals surface area contributed by atoms with Gasteiger partial charge in [-0.25, -0.2) is 15.0 Å². The molecular formula is C24H12N4O. The molecule has 0 N–H and O–H groups in total. The Morgan fingerprint density at radius 2 is 1.31 bits per heavy atom. The van der Waals surface area contributed by atoms with Crippen LogP contribution in [0.5, 0.6) is 0 Å². The molecule has 0 saturated heterocycles. The summed E-state index contributed by atoms with van der Waals surface area (Å²) in [5, 5.41) is 3.69. The largest absolute Gasteiger partial charge is 0.268 e. The van der Waals surface area contributed by atoms with Gasteiger partial charge in [-0.2, -0.15) is 0 Å². The van der Waals surface area contributed by atoms with Gasteiger partial charge in [0.25, 0.3) is 5.56 Å². The minimum Gasteiger partial charge on any atom is -0.268 e. The molecule has 134 valence electrons. The summed E-state index contributed by atoms with van der Waals surface area (Å²) in [4.78, 5) is 27.7. The molecule has 0 bridgehead atoms. The normalized spacial score (nSPS) is 12.3. The van der Waals surface area contributed by atoms with Crippen molar-refractivity contribution in [3.63, 3.8) is 0 Å². The van der Waals surface area contributed by atoms with Crippen LogP contribution in [-0.2, 0) is 0 Å². The van der Waals surface area contributed by atoms with Gasteiger partial charge in [-0.05, 0) is 35.7 Å². The van der Waals surface area contributed by atoms with Gasteiger partial charge in [-0.1, -0.05) is 42.5 Å². The van der Waals surface area contributed by atoms with Gasteiger partial charge in [0.2, 0.25) is 0 Å². The van der Waals surface area contributed by atoms with E-state index in [0.29, 0.717) is 11.0 Å². The molecule has 3 heterocycles. The van der Waals surface area contributed by atoms with E-state index in [0.717, 1.165) is 49.3 Å². The Morgan fingerprint density at radius 3 is 2.07 bits per heavy atom. The average Bonchev–Trinajstić information content (AvgIpc) is 3.12. The van der Waals surface area contributed by atoms with E-state index in [-0.39, 0.29) is 5.56 Å². The first-order valence-electron chi connectivity index (χ1n) is 9.44. The summed E-state index contributed by atoms with van der Waals surface area (Å²) in [6.45, 7) is 0. The SMILES string of the molecule is O=c1c2cccc3cccc(c32)c2nc3cc4nc5ccccc5nc4cc3n12. The summed E-state index contributed by atoms with van der Waals surface area (Å²) in [6.07, 6.45) is 0. The monoisotopic (exact) mass is 372 g/mol. The Bertz CT molecular complexity index is 1830. The van der Waals surface area contributed by atoms with E-state index in [1.54, 1.807) is 4.40 Å². The van der Waals surface area contributed by atoms with Crippen LogP contribution in [-0.4, -0.2) is 19.4 Å². The summed E-state index contributed by atoms with van der Waals surface area (Å²) < 4.78 is 1.71. The molecule has 0 spiro atoms. The fraction of sp³-hybridized carbons (Fsp3) is 0. The summed E-state index contributed by atoms with van der Waals surface area (Å²) in [5.74, 6) is 0. The maximum absolute atomic E-state index is 13.4. The van der Waals surface area contributed by atoms with Crippen molar-refractivity contribution in [2.75, 3.05) is 0 Å². The molecule has 0 atom stereocenters. The third-order valence-electron chi connectivity index (χ3n) is 5.69. The molecule has 5 nitrogen and oxygen atoms in total. The molecule has 3 aromatic heterocycles. The van der Waals surface area contributed by atoms with E-state index < -0.39 is 0 Å². The lowest BCUT2D eigenvalue weighted by Crippen LogP contribution is -2.13. The first-order chi connectivity index (χ1) is 14.3. The third-order valence-corrected chi connectivity index (χ3v) is 5.69. The van der Waals surface area contributed by atoms with Crippen LogP contribution in [0.25, 0.3) is 60.3 Å². The van der Waals surface area contributed by atoms with Gasteiger partial charge in [0.05, 0.1) is 33.1 Å². The zero-order valence-corrected chi connectivity index (χ0v) is 15.1. The van der Waals surface area contributed by atoms with Crippen molar-refractivity contribution in [3.05, 3.63) is 83.2 Å².